The Bertz CT molecular complexity index is 3230. The molecule has 0 aliphatic rings. The number of halogens is 2. The average molecular weight is 1100 g/mol. The molecule has 0 radical (unpaired) electrons. The Morgan fingerprint density at radius 2 is 1.56 bits per heavy atom. The molecular weight excluding hydrogens is 1030 g/mol. The topological polar surface area (TPSA) is 142 Å². The van der Waals surface area contributed by atoms with Crippen molar-refractivity contribution in [3.05, 3.63) is 161 Å². The number of benzene rings is 5. The molecule has 0 unspecified atom stereocenters. The first-order valence-corrected chi connectivity index (χ1v) is 30.0. The molecule has 12 nitrogen and oxygen atoms in total. The van der Waals surface area contributed by atoms with E-state index < -0.39 is 48.0 Å². The smallest absolute Gasteiger partial charge is 0.348 e. The maximum Gasteiger partial charge on any atom is 0.348 e. The van der Waals surface area contributed by atoms with Gasteiger partial charge in [0.25, 0.3) is 10.1 Å². The van der Waals surface area contributed by atoms with Gasteiger partial charge in [-0.2, -0.15) is 8.42 Å². The minimum absolute atomic E-state index is 0.000258. The highest BCUT2D eigenvalue weighted by Gasteiger charge is 2.39. The number of carbonyl (C=O) groups excluding carboxylic acids is 1. The first-order valence-electron chi connectivity index (χ1n) is 24.5. The lowest BCUT2D eigenvalue weighted by atomic mass is 9.96. The molecule has 5 aromatic carbocycles. The van der Waals surface area contributed by atoms with Crippen LogP contribution in [-0.4, -0.2) is 70.3 Å². The summed E-state index contributed by atoms with van der Waals surface area (Å²) < 4.78 is 84.8. The molecule has 2 heterocycles. The number of fused-ring (bicyclic) bond motifs is 1. The van der Waals surface area contributed by atoms with Gasteiger partial charge in [0.2, 0.25) is 20.3 Å². The molecule has 7 aromatic rings. The van der Waals surface area contributed by atoms with Gasteiger partial charge in [0.05, 0.1) is 28.5 Å². The first-order chi connectivity index (χ1) is 35.4. The van der Waals surface area contributed by atoms with Crippen LogP contribution in [0.2, 0.25) is 23.2 Å². The van der Waals surface area contributed by atoms with Gasteiger partial charge in [-0.3, -0.25) is 4.18 Å². The Kier molecular flexibility index (Phi) is 18.0. The molecule has 0 aliphatic heterocycles. The van der Waals surface area contributed by atoms with Gasteiger partial charge in [-0.25, -0.2) is 19.2 Å². The van der Waals surface area contributed by atoms with Crippen molar-refractivity contribution in [3.8, 4) is 44.7 Å². The summed E-state index contributed by atoms with van der Waals surface area (Å²) in [7, 11) is -6.47. The Morgan fingerprint density at radius 3 is 2.23 bits per heavy atom. The molecule has 0 bridgehead atoms. The van der Waals surface area contributed by atoms with Crippen LogP contribution in [0.25, 0.3) is 31.8 Å². The fraction of sp³-hybridized carbons (Fsp3) is 0.328. The van der Waals surface area contributed by atoms with E-state index in [9.17, 15) is 17.6 Å². The molecule has 0 amide bonds. The van der Waals surface area contributed by atoms with Gasteiger partial charge in [0.15, 0.2) is 0 Å². The van der Waals surface area contributed by atoms with E-state index in [1.807, 2.05) is 68.4 Å². The molecule has 0 aliphatic carbocycles. The van der Waals surface area contributed by atoms with E-state index >= 15 is 0 Å². The van der Waals surface area contributed by atoms with Crippen molar-refractivity contribution in [2.75, 3.05) is 19.8 Å². The van der Waals surface area contributed by atoms with E-state index in [1.165, 1.54) is 41.9 Å². The second kappa shape index (κ2) is 23.8. The van der Waals surface area contributed by atoms with Crippen LogP contribution in [0.4, 0.5) is 4.39 Å². The van der Waals surface area contributed by atoms with Gasteiger partial charge in [0, 0.05) is 22.4 Å². The Labute approximate surface area is 450 Å². The van der Waals surface area contributed by atoms with Gasteiger partial charge in [-0.1, -0.05) is 105 Å². The van der Waals surface area contributed by atoms with E-state index in [0.29, 0.717) is 54.4 Å². The van der Waals surface area contributed by atoms with Gasteiger partial charge < -0.3 is 28.1 Å². The van der Waals surface area contributed by atoms with Gasteiger partial charge >= 0.3 is 5.97 Å². The van der Waals surface area contributed by atoms with E-state index in [2.05, 4.69) is 40.4 Å². The summed E-state index contributed by atoms with van der Waals surface area (Å²) in [5.41, 5.74) is 4.06. The molecule has 0 saturated heterocycles. The molecule has 2 atom stereocenters. The zero-order valence-electron chi connectivity index (χ0n) is 44.0. The monoisotopic (exact) mass is 1090 g/mol. The molecule has 0 fully saturated rings. The van der Waals surface area contributed by atoms with Crippen LogP contribution in [0.5, 0.6) is 23.1 Å². The molecule has 75 heavy (non-hydrogen) atoms. The molecule has 0 saturated carbocycles. The highest BCUT2D eigenvalue weighted by Crippen LogP contribution is 2.50. The Morgan fingerprint density at radius 1 is 0.867 bits per heavy atom. The lowest BCUT2D eigenvalue weighted by molar-refractivity contribution is -0.163. The highest BCUT2D eigenvalue weighted by molar-refractivity contribution is 7.86. The number of thiophene rings is 1. The van der Waals surface area contributed by atoms with Crippen LogP contribution in [-0.2, 0) is 41.6 Å². The van der Waals surface area contributed by atoms with Crippen molar-refractivity contribution in [1.29, 1.82) is 0 Å². The van der Waals surface area contributed by atoms with Crippen LogP contribution < -0.4 is 18.6 Å². The molecule has 7 rings (SSSR count). The maximum atomic E-state index is 14.6. The number of aryl methyl sites for hydroxylation is 1. The summed E-state index contributed by atoms with van der Waals surface area (Å²) in [5.74, 6) is 0.417. The minimum atomic E-state index is -4.15. The Hall–Kier alpha value is -6.14. The lowest BCUT2D eigenvalue weighted by Crippen LogP contribution is -2.43. The standard InChI is InChI=1S/C58H64ClFN2O10S2Si/c1-12-30-66-34-44(35-68-74(64,65)45-25-18-37(2)19-26-45)69-48-29-27-46(38(3)52(48)59)50-51-54(61-36-62-55(51)73-53(50)40-20-22-42(60)23-21-40)70-49(56(63)71-57(4,5)6)32-41-31-43(72-75(10,11)58(7,8)9)24-28-47(41)67-33-39-16-14-13-15-17-39/h12-29,31,36,44,49H,1,30,32-35H2,2-11H3/t44-,49-/m1/s1. The number of nitrogens with zero attached hydrogens (tertiary/aromatic N) is 2. The summed E-state index contributed by atoms with van der Waals surface area (Å²) in [6.07, 6.45) is 0.730. The largest absolute Gasteiger partial charge is 0.543 e. The molecule has 17 heteroatoms. The minimum Gasteiger partial charge on any atom is -0.543 e. The zero-order valence-corrected chi connectivity index (χ0v) is 47.4. The van der Waals surface area contributed by atoms with Crippen LogP contribution in [0.1, 0.15) is 63.8 Å². The summed E-state index contributed by atoms with van der Waals surface area (Å²) in [5, 5.41) is 0.576. The van der Waals surface area contributed by atoms with Gasteiger partial charge in [-0.15, -0.1) is 17.9 Å². The number of carbonyl (C=O) groups is 1. The quantitative estimate of drug-likeness (QED) is 0.0210. The Balaban J connectivity index is 1.31. The van der Waals surface area contributed by atoms with Crippen molar-refractivity contribution in [3.63, 3.8) is 0 Å². The fourth-order valence-electron chi connectivity index (χ4n) is 7.57. The second-order valence-corrected chi connectivity index (χ2v) is 28.3. The molecule has 0 N–H and O–H groups in total. The number of aromatic nitrogens is 2. The SMILES string of the molecule is C=CCOC[C@H](COS(=O)(=O)c1ccc(C)cc1)Oc1ccc(-c2c(-c3ccc(F)cc3)sc3ncnc(O[C@H](Cc4cc(O[Si](C)(C)C(C)(C)C)ccc4OCc4ccccc4)C(=O)OC(C)(C)C)c23)c(C)c1Cl. The van der Waals surface area contributed by atoms with E-state index in [0.717, 1.165) is 11.1 Å². The number of ether oxygens (including phenoxy) is 5. The van der Waals surface area contributed by atoms with Crippen molar-refractivity contribution in [2.45, 2.75) is 109 Å². The van der Waals surface area contributed by atoms with Crippen LogP contribution >= 0.6 is 22.9 Å². The third kappa shape index (κ3) is 14.4. The summed E-state index contributed by atoms with van der Waals surface area (Å²) in [6, 6.07) is 31.3. The lowest BCUT2D eigenvalue weighted by Gasteiger charge is -2.36. The fourth-order valence-corrected chi connectivity index (χ4v) is 10.9. The highest BCUT2D eigenvalue weighted by atomic mass is 35.5. The van der Waals surface area contributed by atoms with E-state index in [-0.39, 0.29) is 59.4 Å². The second-order valence-electron chi connectivity index (χ2n) is 20.6. The van der Waals surface area contributed by atoms with E-state index in [4.69, 9.17) is 53.9 Å². The molecule has 396 valence electrons. The molecule has 2 aromatic heterocycles. The maximum absolute atomic E-state index is 14.6. The third-order valence-corrected chi connectivity index (χ3v) is 19.8. The van der Waals surface area contributed by atoms with Crippen molar-refractivity contribution < 1.29 is 49.9 Å². The van der Waals surface area contributed by atoms with Crippen molar-refractivity contribution in [2.24, 2.45) is 0 Å². The average Bonchev–Trinajstić information content (AvgIpc) is 3.74. The predicted molar refractivity (Wildman–Crippen MR) is 297 cm³/mol. The number of rotatable bonds is 22. The van der Waals surface area contributed by atoms with E-state index in [1.54, 1.807) is 57.2 Å². The summed E-state index contributed by atoms with van der Waals surface area (Å²) in [4.78, 5) is 25.2. The number of hydrogen-bond acceptors (Lipinski definition) is 13. The van der Waals surface area contributed by atoms with Gasteiger partial charge in [-0.05, 0) is 124 Å². The third-order valence-electron chi connectivity index (χ3n) is 12.5. The van der Waals surface area contributed by atoms with Crippen LogP contribution in [0.3, 0.4) is 0 Å². The molecular formula is C58H64ClFN2O10S2Si. The zero-order chi connectivity index (χ0) is 54.3. The summed E-state index contributed by atoms with van der Waals surface area (Å²) >= 11 is 8.57. The molecule has 0 spiro atoms. The van der Waals surface area contributed by atoms with Crippen molar-refractivity contribution >= 4 is 57.6 Å². The van der Waals surface area contributed by atoms with Crippen molar-refractivity contribution in [1.82, 2.24) is 9.97 Å². The predicted octanol–water partition coefficient (Wildman–Crippen LogP) is 14.1. The number of hydrogen-bond donors (Lipinski definition) is 0. The van der Waals surface area contributed by atoms with Crippen LogP contribution in [0, 0.1) is 19.7 Å². The van der Waals surface area contributed by atoms with Gasteiger partial charge in [0.1, 0.15) is 59.1 Å². The summed E-state index contributed by atoms with van der Waals surface area (Å²) in [6.45, 7) is 23.6. The number of esters is 1. The first kappa shape index (κ1) is 56.6. The van der Waals surface area contributed by atoms with Crippen LogP contribution in [0.15, 0.2) is 133 Å². The normalized spacial score (nSPS) is 13.0.